The van der Waals surface area contributed by atoms with E-state index in [-0.39, 0.29) is 34.2 Å². The standard InChI is InChI=1S/C20H17F2N5O2S/c1-12(14-6-2-3-7-15(14)21)18-16(22)8-9-17-19(18)25-20(27-30(17,28)29)23-11-13-5-4-10-24-26-13/h2-10,12H,11H2,1H3,(H2,23,25,27)/t12-/m0/s1. The molecule has 10 heteroatoms. The van der Waals surface area contributed by atoms with Crippen LogP contribution >= 0.6 is 0 Å². The first-order chi connectivity index (χ1) is 14.4. The molecule has 7 nitrogen and oxygen atoms in total. The average Bonchev–Trinajstić information content (AvgIpc) is 2.72. The molecule has 0 radical (unpaired) electrons. The lowest BCUT2D eigenvalue weighted by atomic mass is 9.91. The molecule has 1 aliphatic rings. The van der Waals surface area contributed by atoms with Crippen LogP contribution in [0, 0.1) is 11.6 Å². The number of aliphatic imine (C=N–C) groups is 1. The maximum absolute atomic E-state index is 14.8. The van der Waals surface area contributed by atoms with Gasteiger partial charge in [-0.25, -0.2) is 26.9 Å². The Balaban J connectivity index is 1.79. The van der Waals surface area contributed by atoms with Gasteiger partial charge in [0, 0.05) is 17.7 Å². The molecule has 30 heavy (non-hydrogen) atoms. The highest BCUT2D eigenvalue weighted by Gasteiger charge is 2.32. The zero-order chi connectivity index (χ0) is 21.3. The van der Waals surface area contributed by atoms with Crippen LogP contribution in [0.15, 0.2) is 64.6 Å². The monoisotopic (exact) mass is 429 g/mol. The number of nitrogens with one attached hydrogen (secondary N) is 2. The Labute approximate surface area is 171 Å². The molecule has 0 fully saturated rings. The summed E-state index contributed by atoms with van der Waals surface area (Å²) in [5.41, 5.74) is 0.842. The molecule has 0 amide bonds. The highest BCUT2D eigenvalue weighted by Crippen LogP contribution is 2.38. The Morgan fingerprint density at radius 1 is 1.07 bits per heavy atom. The number of guanidine groups is 1. The van der Waals surface area contributed by atoms with Gasteiger partial charge in [-0.15, -0.1) is 0 Å². The summed E-state index contributed by atoms with van der Waals surface area (Å²) in [6.45, 7) is 1.67. The van der Waals surface area contributed by atoms with Crippen molar-refractivity contribution in [2.45, 2.75) is 24.3 Å². The van der Waals surface area contributed by atoms with Crippen LogP contribution in [0.25, 0.3) is 0 Å². The second kappa shape index (κ2) is 7.79. The number of halogens is 2. The predicted octanol–water partition coefficient (Wildman–Crippen LogP) is 3.17. The number of aromatic nitrogens is 2. The maximum Gasteiger partial charge on any atom is 0.266 e. The molecule has 2 heterocycles. The van der Waals surface area contributed by atoms with Gasteiger partial charge in [0.2, 0.25) is 5.96 Å². The Morgan fingerprint density at radius 2 is 1.87 bits per heavy atom. The molecule has 4 rings (SSSR count). The average molecular weight is 429 g/mol. The fourth-order valence-corrected chi connectivity index (χ4v) is 4.46. The number of hydrogen-bond acceptors (Lipinski definition) is 5. The smallest absolute Gasteiger partial charge is 0.266 e. The third-order valence-corrected chi connectivity index (χ3v) is 6.13. The number of sulfonamides is 1. The van der Waals surface area contributed by atoms with Crippen molar-refractivity contribution < 1.29 is 17.2 Å². The molecule has 0 unspecified atom stereocenters. The van der Waals surface area contributed by atoms with Gasteiger partial charge in [0.15, 0.2) is 0 Å². The Hall–Kier alpha value is -3.40. The van der Waals surface area contributed by atoms with Crippen LogP contribution in [0.2, 0.25) is 0 Å². The minimum atomic E-state index is -4.00. The van der Waals surface area contributed by atoms with E-state index in [1.165, 1.54) is 24.4 Å². The summed E-state index contributed by atoms with van der Waals surface area (Å²) in [6.07, 6.45) is 1.51. The molecular weight excluding hydrogens is 412 g/mol. The zero-order valence-electron chi connectivity index (χ0n) is 15.8. The molecule has 0 bridgehead atoms. The van der Waals surface area contributed by atoms with Crippen LogP contribution in [-0.2, 0) is 16.6 Å². The van der Waals surface area contributed by atoms with Crippen LogP contribution in [0.5, 0.6) is 0 Å². The van der Waals surface area contributed by atoms with Gasteiger partial charge in [0.1, 0.15) is 16.5 Å². The van der Waals surface area contributed by atoms with Crippen LogP contribution in [0.3, 0.4) is 0 Å². The van der Waals surface area contributed by atoms with Gasteiger partial charge < -0.3 is 5.32 Å². The lowest BCUT2D eigenvalue weighted by Crippen LogP contribution is -2.41. The van der Waals surface area contributed by atoms with Crippen LogP contribution < -0.4 is 10.0 Å². The summed E-state index contributed by atoms with van der Waals surface area (Å²) in [5.74, 6) is -1.98. The topological polar surface area (TPSA) is 96.3 Å². The highest BCUT2D eigenvalue weighted by molar-refractivity contribution is 7.90. The van der Waals surface area contributed by atoms with Gasteiger partial charge in [-0.05, 0) is 35.9 Å². The number of anilines is 1. The third-order valence-electron chi connectivity index (χ3n) is 4.75. The molecule has 2 aromatic carbocycles. The number of nitrogens with zero attached hydrogens (tertiary/aromatic N) is 3. The van der Waals surface area contributed by atoms with Gasteiger partial charge in [0.05, 0.1) is 17.9 Å². The van der Waals surface area contributed by atoms with Crippen molar-refractivity contribution in [2.24, 2.45) is 4.99 Å². The van der Waals surface area contributed by atoms with E-state index in [1.807, 2.05) is 0 Å². The van der Waals surface area contributed by atoms with Crippen LogP contribution in [-0.4, -0.2) is 24.6 Å². The summed E-state index contributed by atoms with van der Waals surface area (Å²) in [4.78, 5) is 4.05. The fraction of sp³-hybridized carbons (Fsp3) is 0.150. The van der Waals surface area contributed by atoms with Crippen LogP contribution in [0.4, 0.5) is 14.5 Å². The van der Waals surface area contributed by atoms with Crippen molar-refractivity contribution in [3.05, 3.63) is 83.2 Å². The maximum atomic E-state index is 14.8. The second-order valence-electron chi connectivity index (χ2n) is 6.69. The minimum Gasteiger partial charge on any atom is -0.324 e. The van der Waals surface area contributed by atoms with E-state index < -0.39 is 27.6 Å². The second-order valence-corrected chi connectivity index (χ2v) is 8.34. The van der Waals surface area contributed by atoms with E-state index in [0.29, 0.717) is 5.69 Å². The van der Waals surface area contributed by atoms with Crippen LogP contribution in [0.1, 0.15) is 29.7 Å². The molecular formula is C20H17F2N5O2S. The van der Waals surface area contributed by atoms with Crippen molar-refractivity contribution in [1.82, 2.24) is 14.9 Å². The lowest BCUT2D eigenvalue weighted by Gasteiger charge is -2.26. The van der Waals surface area contributed by atoms with Gasteiger partial charge >= 0.3 is 0 Å². The normalized spacial score (nSPS) is 17.0. The Bertz CT molecular complexity index is 1230. The number of benzene rings is 2. The fourth-order valence-electron chi connectivity index (χ4n) is 3.31. The number of hydrogen-bond donors (Lipinski definition) is 2. The third kappa shape index (κ3) is 3.73. The molecule has 1 aromatic heterocycles. The summed E-state index contributed by atoms with van der Waals surface area (Å²) >= 11 is 0. The van der Waals surface area contributed by atoms with E-state index in [9.17, 15) is 17.2 Å². The van der Waals surface area contributed by atoms with Crippen molar-refractivity contribution in [3.63, 3.8) is 0 Å². The largest absolute Gasteiger partial charge is 0.324 e. The first-order valence-corrected chi connectivity index (χ1v) is 10.5. The quantitative estimate of drug-likeness (QED) is 0.664. The summed E-state index contributed by atoms with van der Waals surface area (Å²) < 4.78 is 56.9. The molecule has 0 saturated heterocycles. The van der Waals surface area contributed by atoms with Gasteiger partial charge in [-0.3, -0.25) is 0 Å². The van der Waals surface area contributed by atoms with Crippen molar-refractivity contribution in [2.75, 3.05) is 5.32 Å². The van der Waals surface area contributed by atoms with Gasteiger partial charge in [-0.1, -0.05) is 25.1 Å². The van der Waals surface area contributed by atoms with E-state index in [4.69, 9.17) is 0 Å². The van der Waals surface area contributed by atoms with Crippen molar-refractivity contribution in [3.8, 4) is 0 Å². The van der Waals surface area contributed by atoms with E-state index in [2.05, 4.69) is 25.2 Å². The number of rotatable bonds is 4. The van der Waals surface area contributed by atoms with E-state index in [1.54, 1.807) is 25.1 Å². The van der Waals surface area contributed by atoms with E-state index in [0.717, 1.165) is 12.1 Å². The summed E-state index contributed by atoms with van der Waals surface area (Å²) in [7, 11) is -4.00. The number of fused-ring (bicyclic) bond motifs is 1. The predicted molar refractivity (Wildman–Crippen MR) is 107 cm³/mol. The van der Waals surface area contributed by atoms with E-state index >= 15 is 0 Å². The van der Waals surface area contributed by atoms with Gasteiger partial charge in [0.25, 0.3) is 10.0 Å². The summed E-state index contributed by atoms with van der Waals surface area (Å²) in [6, 6.07) is 11.6. The van der Waals surface area contributed by atoms with Gasteiger partial charge in [-0.2, -0.15) is 10.2 Å². The molecule has 3 aromatic rings. The minimum absolute atomic E-state index is 0.0300. The zero-order valence-corrected chi connectivity index (χ0v) is 16.6. The Kier molecular flexibility index (Phi) is 5.17. The first kappa shape index (κ1) is 19.9. The molecule has 154 valence electrons. The Morgan fingerprint density at radius 3 is 2.60 bits per heavy atom. The lowest BCUT2D eigenvalue weighted by molar-refractivity contribution is 0.577. The van der Waals surface area contributed by atoms with Crippen molar-refractivity contribution in [1.29, 1.82) is 0 Å². The first-order valence-electron chi connectivity index (χ1n) is 9.04. The summed E-state index contributed by atoms with van der Waals surface area (Å²) in [5, 5.41) is 10.5. The molecule has 0 spiro atoms. The molecule has 1 atom stereocenters. The highest BCUT2D eigenvalue weighted by atomic mass is 32.2. The SMILES string of the molecule is C[C@@H](c1ccccc1F)c1c(F)ccc2c1NC(=NCc1cccnn1)NS2(=O)=O. The van der Waals surface area contributed by atoms with Crippen molar-refractivity contribution >= 4 is 21.7 Å². The molecule has 0 aliphatic carbocycles. The molecule has 0 saturated carbocycles. The molecule has 1 aliphatic heterocycles. The molecule has 2 N–H and O–H groups in total.